The van der Waals surface area contributed by atoms with Crippen molar-refractivity contribution in [3.8, 4) is 0 Å². The van der Waals surface area contributed by atoms with Crippen LogP contribution in [0.5, 0.6) is 0 Å². The predicted molar refractivity (Wildman–Crippen MR) is 52.9 cm³/mol. The Labute approximate surface area is 92.9 Å². The van der Waals surface area contributed by atoms with Crippen LogP contribution < -0.4 is 5.32 Å². The molecule has 0 aromatic rings. The summed E-state index contributed by atoms with van der Waals surface area (Å²) in [6.45, 7) is 0.952. The van der Waals surface area contributed by atoms with Crippen molar-refractivity contribution < 1.29 is 24.2 Å². The van der Waals surface area contributed by atoms with E-state index >= 15 is 0 Å². The van der Waals surface area contributed by atoms with Crippen molar-refractivity contribution in [1.29, 1.82) is 0 Å². The summed E-state index contributed by atoms with van der Waals surface area (Å²) in [4.78, 5) is 22.9. The van der Waals surface area contributed by atoms with Gasteiger partial charge in [-0.1, -0.05) is 0 Å². The monoisotopic (exact) mass is 229 g/mol. The molecule has 2 atom stereocenters. The van der Waals surface area contributed by atoms with Gasteiger partial charge >= 0.3 is 5.97 Å². The zero-order valence-corrected chi connectivity index (χ0v) is 8.90. The number of ether oxygens (including phenoxy) is 2. The van der Waals surface area contributed by atoms with Gasteiger partial charge in [-0.25, -0.2) is 4.79 Å². The van der Waals surface area contributed by atoms with E-state index in [2.05, 4.69) is 5.32 Å². The maximum Gasteiger partial charge on any atom is 0.331 e. The molecule has 1 amide bonds. The number of hydrogen-bond acceptors (Lipinski definition) is 4. The highest BCUT2D eigenvalue weighted by atomic mass is 16.5. The molecule has 2 saturated heterocycles. The molecule has 0 saturated carbocycles. The Hall–Kier alpha value is -1.14. The van der Waals surface area contributed by atoms with Crippen molar-refractivity contribution in [2.24, 2.45) is 0 Å². The molecule has 0 aliphatic carbocycles. The molecule has 0 bridgehead atoms. The Bertz CT molecular complexity index is 292. The van der Waals surface area contributed by atoms with E-state index in [0.717, 1.165) is 6.42 Å². The van der Waals surface area contributed by atoms with Crippen LogP contribution in [0.25, 0.3) is 0 Å². The van der Waals surface area contributed by atoms with E-state index in [4.69, 9.17) is 14.6 Å². The fourth-order valence-corrected chi connectivity index (χ4v) is 1.99. The number of rotatable bonds is 3. The normalized spacial score (nSPS) is 33.9. The van der Waals surface area contributed by atoms with Crippen molar-refractivity contribution in [2.75, 3.05) is 19.8 Å². The van der Waals surface area contributed by atoms with Gasteiger partial charge in [0, 0.05) is 19.6 Å². The number of carboxylic acids is 1. The van der Waals surface area contributed by atoms with Crippen molar-refractivity contribution in [1.82, 2.24) is 5.32 Å². The van der Waals surface area contributed by atoms with Gasteiger partial charge in [0.05, 0.1) is 6.61 Å². The van der Waals surface area contributed by atoms with Crippen molar-refractivity contribution >= 4 is 11.9 Å². The summed E-state index contributed by atoms with van der Waals surface area (Å²) in [5.41, 5.74) is -1.26. The number of nitrogens with one attached hydrogen (secondary N) is 1. The second-order valence-electron chi connectivity index (χ2n) is 4.18. The fourth-order valence-electron chi connectivity index (χ4n) is 1.99. The summed E-state index contributed by atoms with van der Waals surface area (Å²) in [6.07, 6.45) is 1.30. The van der Waals surface area contributed by atoms with Crippen LogP contribution in [0.4, 0.5) is 0 Å². The molecule has 2 aliphatic rings. The van der Waals surface area contributed by atoms with Crippen LogP contribution in [0.3, 0.4) is 0 Å². The molecule has 0 aromatic heterocycles. The summed E-state index contributed by atoms with van der Waals surface area (Å²) in [7, 11) is 0. The van der Waals surface area contributed by atoms with Crippen LogP contribution in [0, 0.1) is 0 Å². The molecule has 2 aliphatic heterocycles. The van der Waals surface area contributed by atoms with Crippen molar-refractivity contribution in [3.63, 3.8) is 0 Å². The van der Waals surface area contributed by atoms with Gasteiger partial charge in [0.15, 0.2) is 5.54 Å². The van der Waals surface area contributed by atoms with E-state index in [1.165, 1.54) is 0 Å². The first kappa shape index (κ1) is 11.3. The first-order valence-corrected chi connectivity index (χ1v) is 5.39. The van der Waals surface area contributed by atoms with E-state index in [1.807, 2.05) is 0 Å². The molecular weight excluding hydrogens is 214 g/mol. The molecule has 1 unspecified atom stereocenters. The summed E-state index contributed by atoms with van der Waals surface area (Å²) >= 11 is 0. The number of carbonyl (C=O) groups is 2. The molecule has 0 aromatic carbocycles. The smallest absolute Gasteiger partial charge is 0.331 e. The van der Waals surface area contributed by atoms with Crippen LogP contribution in [0.2, 0.25) is 0 Å². The maximum absolute atomic E-state index is 11.8. The van der Waals surface area contributed by atoms with E-state index in [1.54, 1.807) is 0 Å². The molecule has 0 spiro atoms. The van der Waals surface area contributed by atoms with Gasteiger partial charge in [0.2, 0.25) is 5.91 Å². The lowest BCUT2D eigenvalue weighted by atomic mass is 9.98. The highest BCUT2D eigenvalue weighted by molar-refractivity contribution is 5.89. The molecule has 6 nitrogen and oxygen atoms in total. The first-order chi connectivity index (χ1) is 7.64. The van der Waals surface area contributed by atoms with E-state index in [0.29, 0.717) is 26.1 Å². The second kappa shape index (κ2) is 4.39. The molecule has 2 N–H and O–H groups in total. The highest BCUT2D eigenvalue weighted by Crippen LogP contribution is 2.21. The average molecular weight is 229 g/mol. The minimum Gasteiger partial charge on any atom is -0.479 e. The minimum absolute atomic E-state index is 0.0286. The van der Waals surface area contributed by atoms with Crippen molar-refractivity contribution in [3.05, 3.63) is 0 Å². The van der Waals surface area contributed by atoms with Crippen molar-refractivity contribution in [2.45, 2.75) is 30.9 Å². The SMILES string of the molecule is O=C(NC1(C(=O)O)CCOC1)[C@@H]1CCCO1. The second-order valence-corrected chi connectivity index (χ2v) is 4.18. The molecule has 2 rings (SSSR count). The van der Waals surface area contributed by atoms with Crippen LogP contribution in [0.1, 0.15) is 19.3 Å². The third kappa shape index (κ3) is 2.03. The Morgan fingerprint density at radius 3 is 2.69 bits per heavy atom. The van der Waals surface area contributed by atoms with Crippen LogP contribution >= 0.6 is 0 Å². The largest absolute Gasteiger partial charge is 0.479 e. The Morgan fingerprint density at radius 2 is 2.19 bits per heavy atom. The Morgan fingerprint density at radius 1 is 1.38 bits per heavy atom. The van der Waals surface area contributed by atoms with Gasteiger partial charge in [-0.2, -0.15) is 0 Å². The summed E-state index contributed by atoms with van der Waals surface area (Å²) in [5, 5.41) is 11.7. The summed E-state index contributed by atoms with van der Waals surface area (Å²) in [6, 6.07) is 0. The molecule has 90 valence electrons. The molecular formula is C10H15NO5. The van der Waals surface area contributed by atoms with Gasteiger partial charge in [-0.05, 0) is 12.8 Å². The lowest BCUT2D eigenvalue weighted by molar-refractivity contribution is -0.149. The van der Waals surface area contributed by atoms with Gasteiger partial charge in [0.1, 0.15) is 6.10 Å². The maximum atomic E-state index is 11.8. The van der Waals surface area contributed by atoms with Gasteiger partial charge < -0.3 is 19.9 Å². The van der Waals surface area contributed by atoms with Crippen LogP contribution in [-0.2, 0) is 19.1 Å². The van der Waals surface area contributed by atoms with E-state index < -0.39 is 17.6 Å². The van der Waals surface area contributed by atoms with Crippen LogP contribution in [-0.4, -0.2) is 48.4 Å². The zero-order valence-electron chi connectivity index (χ0n) is 8.90. The summed E-state index contributed by atoms with van der Waals surface area (Å²) < 4.78 is 10.3. The Kier molecular flexibility index (Phi) is 3.11. The molecule has 0 radical (unpaired) electrons. The highest BCUT2D eigenvalue weighted by Gasteiger charge is 2.45. The number of aliphatic carboxylic acids is 1. The number of carboxylic acid groups (broad SMARTS) is 1. The molecule has 2 fully saturated rings. The molecule has 6 heteroatoms. The predicted octanol–water partition coefficient (Wildman–Crippen LogP) is -0.475. The zero-order chi connectivity index (χ0) is 11.6. The van der Waals surface area contributed by atoms with Gasteiger partial charge in [-0.15, -0.1) is 0 Å². The van der Waals surface area contributed by atoms with E-state index in [9.17, 15) is 9.59 Å². The third-order valence-corrected chi connectivity index (χ3v) is 3.02. The third-order valence-electron chi connectivity index (χ3n) is 3.02. The van der Waals surface area contributed by atoms with Crippen LogP contribution in [0.15, 0.2) is 0 Å². The molecule has 16 heavy (non-hydrogen) atoms. The average Bonchev–Trinajstić information content (AvgIpc) is 2.88. The lowest BCUT2D eigenvalue weighted by Crippen LogP contribution is -2.57. The quantitative estimate of drug-likeness (QED) is 0.683. The van der Waals surface area contributed by atoms with E-state index in [-0.39, 0.29) is 12.5 Å². The standard InChI is InChI=1S/C10H15NO5/c12-8(7-2-1-4-16-7)11-10(9(13)14)3-5-15-6-10/h7H,1-6H2,(H,11,12)(H,13,14)/t7-,10?/m0/s1. The fraction of sp³-hybridized carbons (Fsp3) is 0.800. The summed E-state index contributed by atoms with van der Waals surface area (Å²) in [5.74, 6) is -1.39. The topological polar surface area (TPSA) is 84.9 Å². The number of amides is 1. The first-order valence-electron chi connectivity index (χ1n) is 5.39. The Balaban J connectivity index is 2.00. The van der Waals surface area contributed by atoms with Gasteiger partial charge in [0.25, 0.3) is 0 Å². The minimum atomic E-state index is -1.26. The molecule has 2 heterocycles. The number of carbonyl (C=O) groups excluding carboxylic acids is 1. The lowest BCUT2D eigenvalue weighted by Gasteiger charge is -2.25. The van der Waals surface area contributed by atoms with Gasteiger partial charge in [-0.3, -0.25) is 4.79 Å². The number of hydrogen-bond donors (Lipinski definition) is 2.